The Morgan fingerprint density at radius 1 is 1.17 bits per heavy atom. The van der Waals surface area contributed by atoms with E-state index in [1.165, 1.54) is 30.3 Å². The zero-order valence-corrected chi connectivity index (χ0v) is 15.4. The van der Waals surface area contributed by atoms with Crippen molar-refractivity contribution in [2.45, 2.75) is 23.8 Å². The van der Waals surface area contributed by atoms with E-state index in [9.17, 15) is 17.6 Å². The average Bonchev–Trinajstić information content (AvgIpc) is 3.30. The van der Waals surface area contributed by atoms with Gasteiger partial charge in [0.2, 0.25) is 10.0 Å². The van der Waals surface area contributed by atoms with Crippen LogP contribution in [0.4, 0.5) is 10.1 Å². The van der Waals surface area contributed by atoms with E-state index in [4.69, 9.17) is 0 Å². The number of carbonyl (C=O) groups excluding carboxylic acids is 1. The van der Waals surface area contributed by atoms with Crippen LogP contribution in [-0.2, 0) is 10.0 Å². The van der Waals surface area contributed by atoms with Crippen LogP contribution in [0.1, 0.15) is 23.2 Å². The Balaban J connectivity index is 1.80. The van der Waals surface area contributed by atoms with Crippen LogP contribution >= 0.6 is 22.6 Å². The molecule has 3 rings (SSSR count). The van der Waals surface area contributed by atoms with Gasteiger partial charge in [0.25, 0.3) is 5.91 Å². The summed E-state index contributed by atoms with van der Waals surface area (Å²) < 4.78 is 40.6. The van der Waals surface area contributed by atoms with Crippen LogP contribution in [0.15, 0.2) is 47.4 Å². The van der Waals surface area contributed by atoms with Crippen molar-refractivity contribution in [2.24, 2.45) is 0 Å². The number of hydrogen-bond acceptors (Lipinski definition) is 3. The molecule has 0 aliphatic heterocycles. The van der Waals surface area contributed by atoms with Gasteiger partial charge < -0.3 is 5.32 Å². The standard InChI is InChI=1S/C16H14FIN2O3S/c17-10-4-7-14(15(18)8-10)16(21)19-12-2-1-3-13(9-12)24(22,23)20-11-5-6-11/h1-4,7-9,11,20H,5-6H2,(H,19,21). The predicted molar refractivity (Wildman–Crippen MR) is 96.9 cm³/mol. The molecule has 1 fully saturated rings. The summed E-state index contributed by atoms with van der Waals surface area (Å²) in [6.45, 7) is 0. The van der Waals surface area contributed by atoms with Crippen molar-refractivity contribution in [3.8, 4) is 0 Å². The van der Waals surface area contributed by atoms with Gasteiger partial charge in [-0.05, 0) is 71.8 Å². The Hall–Kier alpha value is -1.52. The van der Waals surface area contributed by atoms with Crippen molar-refractivity contribution < 1.29 is 17.6 Å². The number of benzene rings is 2. The molecule has 0 radical (unpaired) electrons. The molecule has 0 aromatic heterocycles. The molecule has 0 bridgehead atoms. The van der Waals surface area contributed by atoms with Gasteiger partial charge >= 0.3 is 0 Å². The highest BCUT2D eigenvalue weighted by atomic mass is 127. The fourth-order valence-electron chi connectivity index (χ4n) is 2.10. The Bertz CT molecular complexity index is 898. The molecular weight excluding hydrogens is 446 g/mol. The van der Waals surface area contributed by atoms with Crippen LogP contribution in [0, 0.1) is 9.39 Å². The zero-order valence-electron chi connectivity index (χ0n) is 12.4. The van der Waals surface area contributed by atoms with E-state index in [2.05, 4.69) is 10.0 Å². The second-order valence-electron chi connectivity index (χ2n) is 5.50. The predicted octanol–water partition coefficient (Wildman–Crippen LogP) is 3.12. The first kappa shape index (κ1) is 17.3. The minimum Gasteiger partial charge on any atom is -0.322 e. The number of anilines is 1. The van der Waals surface area contributed by atoms with Crippen molar-refractivity contribution in [1.82, 2.24) is 4.72 Å². The first-order valence-electron chi connectivity index (χ1n) is 7.24. The Labute approximate surface area is 152 Å². The summed E-state index contributed by atoms with van der Waals surface area (Å²) in [5.74, 6) is -0.848. The molecule has 0 saturated heterocycles. The molecule has 0 atom stereocenters. The summed E-state index contributed by atoms with van der Waals surface area (Å²) in [5.41, 5.74) is 0.681. The largest absolute Gasteiger partial charge is 0.322 e. The van der Waals surface area contributed by atoms with E-state index in [1.54, 1.807) is 12.1 Å². The summed E-state index contributed by atoms with van der Waals surface area (Å²) in [6, 6.07) is 9.90. The summed E-state index contributed by atoms with van der Waals surface area (Å²) in [7, 11) is -3.59. The Morgan fingerprint density at radius 3 is 2.58 bits per heavy atom. The van der Waals surface area contributed by atoms with E-state index in [1.807, 2.05) is 22.6 Å². The fourth-order valence-corrected chi connectivity index (χ4v) is 4.17. The summed E-state index contributed by atoms with van der Waals surface area (Å²) in [4.78, 5) is 12.4. The van der Waals surface area contributed by atoms with Crippen molar-refractivity contribution in [1.29, 1.82) is 0 Å². The van der Waals surface area contributed by atoms with Crippen LogP contribution in [0.2, 0.25) is 0 Å². The third-order valence-corrected chi connectivity index (χ3v) is 5.89. The smallest absolute Gasteiger partial charge is 0.256 e. The molecule has 2 aromatic rings. The molecule has 5 nitrogen and oxygen atoms in total. The number of halogens is 2. The van der Waals surface area contributed by atoms with Gasteiger partial charge in [-0.25, -0.2) is 17.5 Å². The monoisotopic (exact) mass is 460 g/mol. The highest BCUT2D eigenvalue weighted by Crippen LogP contribution is 2.23. The molecule has 1 amide bonds. The van der Waals surface area contributed by atoms with Crippen LogP contribution in [0.3, 0.4) is 0 Å². The Kier molecular flexibility index (Phi) is 4.88. The van der Waals surface area contributed by atoms with Gasteiger partial charge in [0.15, 0.2) is 0 Å². The number of sulfonamides is 1. The van der Waals surface area contributed by atoms with Crippen LogP contribution in [0.5, 0.6) is 0 Å². The van der Waals surface area contributed by atoms with Crippen LogP contribution in [-0.4, -0.2) is 20.4 Å². The van der Waals surface area contributed by atoms with Gasteiger partial charge in [0.1, 0.15) is 5.82 Å². The summed E-state index contributed by atoms with van der Waals surface area (Å²) >= 11 is 1.88. The molecule has 1 saturated carbocycles. The Morgan fingerprint density at radius 2 is 1.92 bits per heavy atom. The van der Waals surface area contributed by atoms with Gasteiger partial charge in [0, 0.05) is 15.3 Å². The topological polar surface area (TPSA) is 75.3 Å². The molecule has 2 N–H and O–H groups in total. The van der Waals surface area contributed by atoms with Gasteiger partial charge in [-0.3, -0.25) is 4.79 Å². The second-order valence-corrected chi connectivity index (χ2v) is 8.38. The molecule has 2 aromatic carbocycles. The minimum atomic E-state index is -3.59. The fraction of sp³-hybridized carbons (Fsp3) is 0.188. The van der Waals surface area contributed by atoms with Crippen molar-refractivity contribution in [3.05, 3.63) is 57.4 Å². The first-order chi connectivity index (χ1) is 11.3. The molecule has 126 valence electrons. The number of rotatable bonds is 5. The summed E-state index contributed by atoms with van der Waals surface area (Å²) in [6.07, 6.45) is 1.69. The average molecular weight is 460 g/mol. The lowest BCUT2D eigenvalue weighted by atomic mass is 10.2. The number of nitrogens with one attached hydrogen (secondary N) is 2. The quantitative estimate of drug-likeness (QED) is 0.674. The number of carbonyl (C=O) groups is 1. The molecule has 0 heterocycles. The van der Waals surface area contributed by atoms with E-state index < -0.39 is 21.7 Å². The van der Waals surface area contributed by atoms with Crippen LogP contribution in [0.25, 0.3) is 0 Å². The van der Waals surface area contributed by atoms with Crippen molar-refractivity contribution >= 4 is 44.2 Å². The van der Waals surface area contributed by atoms with E-state index in [0.29, 0.717) is 14.8 Å². The minimum absolute atomic E-state index is 0.00837. The molecule has 0 unspecified atom stereocenters. The molecule has 0 spiro atoms. The number of hydrogen-bond donors (Lipinski definition) is 2. The first-order valence-corrected chi connectivity index (χ1v) is 9.80. The summed E-state index contributed by atoms with van der Waals surface area (Å²) in [5, 5.41) is 2.64. The van der Waals surface area contributed by atoms with Gasteiger partial charge in [-0.2, -0.15) is 0 Å². The maximum Gasteiger partial charge on any atom is 0.256 e. The molecule has 1 aliphatic rings. The van der Waals surface area contributed by atoms with Crippen LogP contribution < -0.4 is 10.0 Å². The van der Waals surface area contributed by atoms with Crippen molar-refractivity contribution in [3.63, 3.8) is 0 Å². The molecule has 24 heavy (non-hydrogen) atoms. The lowest BCUT2D eigenvalue weighted by Gasteiger charge is -2.10. The van der Waals surface area contributed by atoms with E-state index in [-0.39, 0.29) is 10.9 Å². The molecule has 8 heteroatoms. The lowest BCUT2D eigenvalue weighted by molar-refractivity contribution is 0.102. The zero-order chi connectivity index (χ0) is 17.3. The lowest BCUT2D eigenvalue weighted by Crippen LogP contribution is -2.25. The highest BCUT2D eigenvalue weighted by Gasteiger charge is 2.28. The van der Waals surface area contributed by atoms with Gasteiger partial charge in [-0.15, -0.1) is 0 Å². The highest BCUT2D eigenvalue weighted by molar-refractivity contribution is 14.1. The maximum atomic E-state index is 13.1. The third kappa shape index (κ3) is 4.11. The van der Waals surface area contributed by atoms with Gasteiger partial charge in [-0.1, -0.05) is 6.07 Å². The molecule has 1 aliphatic carbocycles. The van der Waals surface area contributed by atoms with E-state index in [0.717, 1.165) is 12.8 Å². The normalized spacial score (nSPS) is 14.4. The maximum absolute atomic E-state index is 13.1. The second kappa shape index (κ2) is 6.77. The SMILES string of the molecule is O=C(Nc1cccc(S(=O)(=O)NC2CC2)c1)c1ccc(F)cc1I. The number of amides is 1. The molecular formula is C16H14FIN2O3S. The van der Waals surface area contributed by atoms with E-state index >= 15 is 0 Å². The van der Waals surface area contributed by atoms with Crippen molar-refractivity contribution in [2.75, 3.05) is 5.32 Å². The van der Waals surface area contributed by atoms with Gasteiger partial charge in [0.05, 0.1) is 10.5 Å². The third-order valence-electron chi connectivity index (χ3n) is 3.48.